The van der Waals surface area contributed by atoms with Gasteiger partial charge in [-0.05, 0) is 65.6 Å². The van der Waals surface area contributed by atoms with Gasteiger partial charge in [0, 0.05) is 19.7 Å². The predicted molar refractivity (Wildman–Crippen MR) is 103 cm³/mol. The van der Waals surface area contributed by atoms with Crippen molar-refractivity contribution in [3.63, 3.8) is 0 Å². The van der Waals surface area contributed by atoms with Crippen LogP contribution in [0.3, 0.4) is 0 Å². The van der Waals surface area contributed by atoms with Crippen LogP contribution in [0.5, 0.6) is 0 Å². The highest BCUT2D eigenvalue weighted by Gasteiger charge is 2.29. The Morgan fingerprint density at radius 1 is 1.23 bits per heavy atom. The number of halogens is 1. The van der Waals surface area contributed by atoms with E-state index in [1.807, 2.05) is 0 Å². The van der Waals surface area contributed by atoms with Crippen molar-refractivity contribution >= 4 is 29.9 Å². The van der Waals surface area contributed by atoms with Crippen molar-refractivity contribution in [1.82, 2.24) is 15.5 Å². The van der Waals surface area contributed by atoms with Crippen LogP contribution in [0.15, 0.2) is 4.99 Å². The quantitative estimate of drug-likeness (QED) is 0.285. The van der Waals surface area contributed by atoms with Crippen molar-refractivity contribution in [2.75, 3.05) is 45.9 Å². The van der Waals surface area contributed by atoms with E-state index in [4.69, 9.17) is 9.73 Å². The Bertz CT molecular complexity index is 326. The molecule has 0 spiro atoms. The molecule has 0 saturated carbocycles. The lowest BCUT2D eigenvalue weighted by Gasteiger charge is -2.21. The van der Waals surface area contributed by atoms with Gasteiger partial charge in [-0.2, -0.15) is 0 Å². The average molecular weight is 424 g/mol. The van der Waals surface area contributed by atoms with Crippen LogP contribution >= 0.6 is 24.0 Å². The Labute approximate surface area is 152 Å². The van der Waals surface area contributed by atoms with Crippen molar-refractivity contribution in [2.45, 2.75) is 51.6 Å². The Kier molecular flexibility index (Phi) is 9.66. The molecule has 0 aromatic carbocycles. The molecule has 2 aliphatic rings. The number of hydrogen-bond donors (Lipinski definition) is 2. The molecule has 2 N–H and O–H groups in total. The van der Waals surface area contributed by atoms with Crippen LogP contribution in [0.25, 0.3) is 0 Å². The largest absolute Gasteiger partial charge is 0.373 e. The van der Waals surface area contributed by atoms with Gasteiger partial charge in [0.2, 0.25) is 0 Å². The van der Waals surface area contributed by atoms with Gasteiger partial charge in [0.05, 0.1) is 12.1 Å². The first-order chi connectivity index (χ1) is 10.2. The summed E-state index contributed by atoms with van der Waals surface area (Å²) in [6, 6.07) is 0. The van der Waals surface area contributed by atoms with E-state index in [0.29, 0.717) is 0 Å². The molecule has 22 heavy (non-hydrogen) atoms. The molecule has 2 fully saturated rings. The molecule has 6 heteroatoms. The molecule has 2 saturated heterocycles. The summed E-state index contributed by atoms with van der Waals surface area (Å²) in [5.74, 6) is 0.927. The molecule has 0 radical (unpaired) electrons. The third-order valence-corrected chi connectivity index (χ3v) is 4.36. The number of nitrogens with zero attached hydrogens (tertiary/aromatic N) is 2. The zero-order valence-electron chi connectivity index (χ0n) is 14.2. The van der Waals surface area contributed by atoms with Gasteiger partial charge >= 0.3 is 0 Å². The van der Waals surface area contributed by atoms with E-state index in [1.165, 1.54) is 38.9 Å². The first kappa shape index (κ1) is 20.0. The lowest BCUT2D eigenvalue weighted by atomic mass is 10.0. The van der Waals surface area contributed by atoms with Gasteiger partial charge in [-0.15, -0.1) is 24.0 Å². The summed E-state index contributed by atoms with van der Waals surface area (Å²) in [7, 11) is 0. The fourth-order valence-corrected chi connectivity index (χ4v) is 3.07. The topological polar surface area (TPSA) is 48.9 Å². The molecule has 0 aromatic heterocycles. The van der Waals surface area contributed by atoms with Crippen molar-refractivity contribution in [3.8, 4) is 0 Å². The monoisotopic (exact) mass is 424 g/mol. The van der Waals surface area contributed by atoms with E-state index in [9.17, 15) is 0 Å². The summed E-state index contributed by atoms with van der Waals surface area (Å²) in [5.41, 5.74) is -0.0576. The maximum Gasteiger partial charge on any atom is 0.191 e. The number of hydrogen-bond acceptors (Lipinski definition) is 3. The second-order valence-electron chi connectivity index (χ2n) is 6.43. The van der Waals surface area contributed by atoms with Crippen LogP contribution in [-0.4, -0.2) is 62.3 Å². The number of aliphatic imine (C=N–C) groups is 1. The Morgan fingerprint density at radius 2 is 2.00 bits per heavy atom. The highest BCUT2D eigenvalue weighted by Crippen LogP contribution is 2.24. The summed E-state index contributed by atoms with van der Waals surface area (Å²) in [6.45, 7) is 11.5. The summed E-state index contributed by atoms with van der Waals surface area (Å²) in [6.07, 6.45) is 6.20. The third kappa shape index (κ3) is 7.00. The van der Waals surface area contributed by atoms with Crippen molar-refractivity contribution < 1.29 is 4.74 Å². The smallest absolute Gasteiger partial charge is 0.191 e. The lowest BCUT2D eigenvalue weighted by molar-refractivity contribution is 0.0283. The Hall–Kier alpha value is -0.0800. The molecule has 5 nitrogen and oxygen atoms in total. The molecule has 130 valence electrons. The molecule has 2 rings (SSSR count). The molecular formula is C16H33IN4O. The summed E-state index contributed by atoms with van der Waals surface area (Å²) < 4.78 is 5.79. The highest BCUT2D eigenvalue weighted by molar-refractivity contribution is 14.0. The van der Waals surface area contributed by atoms with Gasteiger partial charge in [0.25, 0.3) is 0 Å². The SMILES string of the molecule is CCNC(=NCC1(C)CCCO1)NCCCN1CCCC1.I. The van der Waals surface area contributed by atoms with E-state index in [2.05, 4.69) is 29.4 Å². The van der Waals surface area contributed by atoms with Crippen molar-refractivity contribution in [3.05, 3.63) is 0 Å². The second-order valence-corrected chi connectivity index (χ2v) is 6.43. The maximum absolute atomic E-state index is 5.79. The summed E-state index contributed by atoms with van der Waals surface area (Å²) in [4.78, 5) is 7.25. The normalized spacial score (nSPS) is 26.0. The fourth-order valence-electron chi connectivity index (χ4n) is 3.07. The minimum absolute atomic E-state index is 0. The van der Waals surface area contributed by atoms with E-state index in [0.717, 1.165) is 45.0 Å². The van der Waals surface area contributed by atoms with Gasteiger partial charge < -0.3 is 20.3 Å². The van der Waals surface area contributed by atoms with E-state index in [-0.39, 0.29) is 29.6 Å². The van der Waals surface area contributed by atoms with E-state index < -0.39 is 0 Å². The highest BCUT2D eigenvalue weighted by atomic mass is 127. The molecule has 1 unspecified atom stereocenters. The molecular weight excluding hydrogens is 391 g/mol. The minimum Gasteiger partial charge on any atom is -0.373 e. The van der Waals surface area contributed by atoms with E-state index >= 15 is 0 Å². The van der Waals surface area contributed by atoms with Crippen LogP contribution in [0.1, 0.15) is 46.0 Å². The minimum atomic E-state index is -0.0576. The molecule has 0 aromatic rings. The van der Waals surface area contributed by atoms with Gasteiger partial charge in [0.15, 0.2) is 5.96 Å². The van der Waals surface area contributed by atoms with Crippen LogP contribution in [0.4, 0.5) is 0 Å². The maximum atomic E-state index is 5.79. The molecule has 2 aliphatic heterocycles. The van der Waals surface area contributed by atoms with Crippen LogP contribution in [0.2, 0.25) is 0 Å². The average Bonchev–Trinajstić information content (AvgIpc) is 3.13. The number of rotatable bonds is 7. The van der Waals surface area contributed by atoms with E-state index in [1.54, 1.807) is 0 Å². The van der Waals surface area contributed by atoms with Crippen LogP contribution < -0.4 is 10.6 Å². The molecule has 1 atom stereocenters. The van der Waals surface area contributed by atoms with Crippen LogP contribution in [-0.2, 0) is 4.74 Å². The number of likely N-dealkylation sites (tertiary alicyclic amines) is 1. The molecule has 0 aliphatic carbocycles. The first-order valence-corrected chi connectivity index (χ1v) is 8.60. The summed E-state index contributed by atoms with van der Waals surface area (Å²) in [5, 5.41) is 6.76. The third-order valence-electron chi connectivity index (χ3n) is 4.36. The Balaban J connectivity index is 0.00000242. The standard InChI is InChI=1S/C16H32N4O.HI/c1-3-17-15(19-14-16(2)8-6-13-21-16)18-9-7-12-20-10-4-5-11-20;/h3-14H2,1-2H3,(H2,17,18,19);1H. The predicted octanol–water partition coefficient (Wildman–Crippen LogP) is 2.21. The first-order valence-electron chi connectivity index (χ1n) is 8.60. The lowest BCUT2D eigenvalue weighted by Crippen LogP contribution is -2.40. The van der Waals surface area contributed by atoms with Gasteiger partial charge in [0.1, 0.15) is 0 Å². The Morgan fingerprint density at radius 3 is 2.64 bits per heavy atom. The summed E-state index contributed by atoms with van der Waals surface area (Å²) >= 11 is 0. The number of guanidine groups is 1. The molecule has 0 bridgehead atoms. The molecule has 0 amide bonds. The fraction of sp³-hybridized carbons (Fsp3) is 0.938. The van der Waals surface area contributed by atoms with Crippen LogP contribution in [0, 0.1) is 0 Å². The second kappa shape index (κ2) is 10.6. The van der Waals surface area contributed by atoms with Gasteiger partial charge in [-0.1, -0.05) is 0 Å². The van der Waals surface area contributed by atoms with Crippen molar-refractivity contribution in [2.24, 2.45) is 4.99 Å². The van der Waals surface area contributed by atoms with Crippen molar-refractivity contribution in [1.29, 1.82) is 0 Å². The number of nitrogens with one attached hydrogen (secondary N) is 2. The molecule has 2 heterocycles. The zero-order valence-corrected chi connectivity index (χ0v) is 16.5. The zero-order chi connectivity index (χ0) is 15.0. The van der Waals surface area contributed by atoms with Gasteiger partial charge in [-0.3, -0.25) is 4.99 Å². The van der Waals surface area contributed by atoms with Gasteiger partial charge in [-0.25, -0.2) is 0 Å². The number of ether oxygens (including phenoxy) is 1.